The minimum Gasteiger partial charge on any atom is -0.456 e. The third-order valence-electron chi connectivity index (χ3n) is 13.0. The van der Waals surface area contributed by atoms with Gasteiger partial charge in [0, 0.05) is 43.9 Å². The lowest BCUT2D eigenvalue weighted by Gasteiger charge is -2.20. The summed E-state index contributed by atoms with van der Waals surface area (Å²) < 4.78 is 8.70. The molecule has 0 aliphatic carbocycles. The van der Waals surface area contributed by atoms with Crippen molar-refractivity contribution in [3.63, 3.8) is 0 Å². The maximum Gasteiger partial charge on any atom is 0.164 e. The molecule has 0 saturated carbocycles. The van der Waals surface area contributed by atoms with Gasteiger partial charge in [-0.05, 0) is 111 Å². The summed E-state index contributed by atoms with van der Waals surface area (Å²) in [5.74, 6) is 1.76. The van der Waals surface area contributed by atoms with Crippen LogP contribution in [0, 0.1) is 0 Å². The quantitative estimate of drug-likeness (QED) is 0.153. The number of para-hydroxylation sites is 3. The van der Waals surface area contributed by atoms with Crippen LogP contribution < -0.4 is 0 Å². The van der Waals surface area contributed by atoms with Crippen molar-refractivity contribution in [2.24, 2.45) is 0 Å². The average molecular weight is 869 g/mol. The summed E-state index contributed by atoms with van der Waals surface area (Å²) in [5.41, 5.74) is 16.7. The molecule has 0 bridgehead atoms. The molecule has 3 heterocycles. The van der Waals surface area contributed by atoms with Crippen molar-refractivity contribution in [1.29, 1.82) is 0 Å². The topological polar surface area (TPSA) is 56.7 Å². The van der Waals surface area contributed by atoms with Gasteiger partial charge in [-0.25, -0.2) is 15.0 Å². The minimum atomic E-state index is 0.573. The second-order valence-electron chi connectivity index (χ2n) is 17.2. The predicted molar refractivity (Wildman–Crippen MR) is 279 cm³/mol. The average Bonchev–Trinajstić information content (AvgIpc) is 3.96. The van der Waals surface area contributed by atoms with Gasteiger partial charge in [0.05, 0.1) is 11.0 Å². The molecule has 0 unspecified atom stereocenters. The lowest BCUT2D eigenvalue weighted by Crippen LogP contribution is -2.00. The van der Waals surface area contributed by atoms with Crippen LogP contribution in [-0.4, -0.2) is 19.5 Å². The van der Waals surface area contributed by atoms with Gasteiger partial charge < -0.3 is 8.98 Å². The fourth-order valence-corrected chi connectivity index (χ4v) is 9.85. The third-order valence-corrected chi connectivity index (χ3v) is 13.0. The van der Waals surface area contributed by atoms with Crippen molar-refractivity contribution in [3.8, 4) is 84.4 Å². The van der Waals surface area contributed by atoms with Crippen LogP contribution in [0.1, 0.15) is 0 Å². The highest BCUT2D eigenvalue weighted by molar-refractivity contribution is 6.11. The molecule has 5 nitrogen and oxygen atoms in total. The molecule has 0 radical (unpaired) electrons. The molecule has 68 heavy (non-hydrogen) atoms. The Kier molecular flexibility index (Phi) is 9.43. The van der Waals surface area contributed by atoms with Gasteiger partial charge in [0.15, 0.2) is 17.5 Å². The lowest BCUT2D eigenvalue weighted by atomic mass is 9.84. The van der Waals surface area contributed by atoms with Crippen LogP contribution in [0.4, 0.5) is 0 Å². The number of hydrogen-bond acceptors (Lipinski definition) is 4. The van der Waals surface area contributed by atoms with Crippen LogP contribution in [0.2, 0.25) is 0 Å². The Bertz CT molecular complexity index is 4010. The van der Waals surface area contributed by atoms with Crippen LogP contribution in [-0.2, 0) is 0 Å². The molecule has 318 valence electrons. The van der Waals surface area contributed by atoms with Gasteiger partial charge in [0.2, 0.25) is 0 Å². The largest absolute Gasteiger partial charge is 0.456 e. The molecule has 10 aromatic carbocycles. The summed E-state index contributed by atoms with van der Waals surface area (Å²) >= 11 is 0. The smallest absolute Gasteiger partial charge is 0.164 e. The first-order valence-corrected chi connectivity index (χ1v) is 22.9. The summed E-state index contributed by atoms with van der Waals surface area (Å²) in [6, 6.07) is 85.6. The van der Waals surface area contributed by atoms with Crippen LogP contribution in [0.25, 0.3) is 128 Å². The van der Waals surface area contributed by atoms with E-state index in [2.05, 4.69) is 193 Å². The number of furan rings is 1. The number of hydrogen-bond donors (Lipinski definition) is 0. The molecular formula is C63H40N4O. The Morgan fingerprint density at radius 2 is 0.779 bits per heavy atom. The van der Waals surface area contributed by atoms with Gasteiger partial charge in [-0.15, -0.1) is 0 Å². The van der Waals surface area contributed by atoms with E-state index in [1.807, 2.05) is 54.6 Å². The maximum absolute atomic E-state index is 6.33. The van der Waals surface area contributed by atoms with Gasteiger partial charge in [-0.2, -0.15) is 0 Å². The second-order valence-corrected chi connectivity index (χ2v) is 17.2. The Morgan fingerprint density at radius 1 is 0.279 bits per heavy atom. The van der Waals surface area contributed by atoms with Crippen LogP contribution in [0.3, 0.4) is 0 Å². The van der Waals surface area contributed by atoms with Gasteiger partial charge in [0.25, 0.3) is 0 Å². The van der Waals surface area contributed by atoms with Crippen molar-refractivity contribution in [1.82, 2.24) is 19.5 Å². The van der Waals surface area contributed by atoms with Gasteiger partial charge in [-0.3, -0.25) is 0 Å². The Hall–Kier alpha value is -9.19. The Labute approximate surface area is 392 Å². The zero-order chi connectivity index (χ0) is 45.0. The third kappa shape index (κ3) is 6.84. The fraction of sp³-hybridized carbons (Fsp3) is 0. The molecule has 5 heteroatoms. The zero-order valence-corrected chi connectivity index (χ0v) is 36.8. The van der Waals surface area contributed by atoms with Gasteiger partial charge >= 0.3 is 0 Å². The number of aromatic nitrogens is 4. The van der Waals surface area contributed by atoms with Crippen molar-refractivity contribution < 1.29 is 4.42 Å². The summed E-state index contributed by atoms with van der Waals surface area (Å²) in [5, 5.41) is 4.55. The van der Waals surface area contributed by atoms with Crippen molar-refractivity contribution in [2.45, 2.75) is 0 Å². The number of fused-ring (bicyclic) bond motifs is 6. The molecule has 0 atom stereocenters. The Morgan fingerprint density at radius 3 is 1.50 bits per heavy atom. The molecule has 0 amide bonds. The summed E-state index contributed by atoms with van der Waals surface area (Å²) in [4.78, 5) is 15.5. The molecule has 0 N–H and O–H groups in total. The summed E-state index contributed by atoms with van der Waals surface area (Å²) in [6.07, 6.45) is 0. The normalized spacial score (nSPS) is 11.5. The van der Waals surface area contributed by atoms with E-state index in [1.165, 1.54) is 21.8 Å². The van der Waals surface area contributed by atoms with E-state index >= 15 is 0 Å². The molecule has 0 saturated heterocycles. The highest BCUT2D eigenvalue weighted by Crippen LogP contribution is 2.45. The van der Waals surface area contributed by atoms with Crippen LogP contribution in [0.5, 0.6) is 0 Å². The van der Waals surface area contributed by atoms with Crippen molar-refractivity contribution in [2.75, 3.05) is 0 Å². The van der Waals surface area contributed by atoms with Crippen molar-refractivity contribution >= 4 is 43.7 Å². The van der Waals surface area contributed by atoms with E-state index in [4.69, 9.17) is 19.4 Å². The highest BCUT2D eigenvalue weighted by Gasteiger charge is 2.21. The first kappa shape index (κ1) is 39.2. The first-order chi connectivity index (χ1) is 33.7. The molecule has 3 aromatic heterocycles. The first-order valence-electron chi connectivity index (χ1n) is 22.9. The minimum absolute atomic E-state index is 0.573. The monoisotopic (exact) mass is 868 g/mol. The number of rotatable bonds is 8. The maximum atomic E-state index is 6.33. The van der Waals surface area contributed by atoms with E-state index < -0.39 is 0 Å². The summed E-state index contributed by atoms with van der Waals surface area (Å²) in [6.45, 7) is 0. The number of nitrogens with zero attached hydrogens (tertiary/aromatic N) is 4. The van der Waals surface area contributed by atoms with E-state index in [0.717, 1.165) is 88.8 Å². The van der Waals surface area contributed by atoms with Gasteiger partial charge in [-0.1, -0.05) is 176 Å². The van der Waals surface area contributed by atoms with E-state index in [-0.39, 0.29) is 0 Å². The van der Waals surface area contributed by atoms with Crippen molar-refractivity contribution in [3.05, 3.63) is 243 Å². The van der Waals surface area contributed by atoms with E-state index in [1.54, 1.807) is 0 Å². The molecular weight excluding hydrogens is 829 g/mol. The zero-order valence-electron chi connectivity index (χ0n) is 36.8. The van der Waals surface area contributed by atoms with Gasteiger partial charge in [0.1, 0.15) is 11.2 Å². The molecule has 0 fully saturated rings. The highest BCUT2D eigenvalue weighted by atomic mass is 16.3. The molecule has 0 aliphatic rings. The molecule has 0 aliphatic heterocycles. The lowest BCUT2D eigenvalue weighted by molar-refractivity contribution is 0.669. The molecule has 0 spiro atoms. The van der Waals surface area contributed by atoms with E-state index in [0.29, 0.717) is 17.5 Å². The fourth-order valence-electron chi connectivity index (χ4n) is 9.85. The second kappa shape index (κ2) is 16.4. The van der Waals surface area contributed by atoms with Crippen LogP contribution >= 0.6 is 0 Å². The van der Waals surface area contributed by atoms with Crippen LogP contribution in [0.15, 0.2) is 247 Å². The summed E-state index contributed by atoms with van der Waals surface area (Å²) in [7, 11) is 0. The predicted octanol–water partition coefficient (Wildman–Crippen LogP) is 16.5. The van der Waals surface area contributed by atoms with E-state index in [9.17, 15) is 0 Å². The SMILES string of the molecule is c1ccc(-c2cc(-c3cccc(-c4nc(-c5ccccc5)nc(-c5ccc6c(c5)oc5ccccc56)n4)c3)c(-c3ccccc3)c(-c3ccc4c(c3)c3ccccc3n4-c3ccccc3)c2)cc1. The molecule has 13 aromatic rings. The Balaban J connectivity index is 1.02. The number of benzene rings is 10. The molecule has 13 rings (SSSR count). The standard InChI is InChI=1S/C63H40N4O/c1-5-18-41(19-6-1)48-38-53(60(42-20-7-2-8-21-42)54(39-48)45-33-35-57-55(37-45)50-28-13-15-30-56(50)67(57)49-26-11-4-12-27-49)44-24-17-25-46(36-44)62-64-61(43-22-9-3-10-23-43)65-63(66-62)47-32-34-52-51-29-14-16-31-58(51)68-59(52)40-47/h1-40H.